The zero-order valence-electron chi connectivity index (χ0n) is 15.6. The second kappa shape index (κ2) is 7.85. The van der Waals surface area contributed by atoms with Crippen LogP contribution in [0.5, 0.6) is 0 Å². The summed E-state index contributed by atoms with van der Waals surface area (Å²) in [6.07, 6.45) is 0. The number of Topliss-reactive ketones (excluding diaryl/α,β-unsaturated/α-hetero) is 1. The lowest BCUT2D eigenvalue weighted by Crippen LogP contribution is -2.40. The van der Waals surface area contributed by atoms with Gasteiger partial charge in [0.15, 0.2) is 12.4 Å². The molecule has 1 saturated heterocycles. The molecule has 8 heteroatoms. The molecule has 0 spiro atoms. The van der Waals surface area contributed by atoms with Gasteiger partial charge < -0.3 is 9.47 Å². The highest BCUT2D eigenvalue weighted by atomic mass is 32.2. The highest BCUT2D eigenvalue weighted by Gasteiger charge is 2.29. The topological polar surface area (TPSA) is 90.0 Å². The van der Waals surface area contributed by atoms with E-state index in [2.05, 4.69) is 0 Å². The van der Waals surface area contributed by atoms with Crippen LogP contribution in [0.3, 0.4) is 0 Å². The number of rotatable bonds is 5. The molecule has 1 heterocycles. The molecule has 144 valence electrons. The molecule has 0 amide bonds. The van der Waals surface area contributed by atoms with E-state index in [1.165, 1.54) is 16.4 Å². The van der Waals surface area contributed by atoms with Crippen LogP contribution in [0, 0.1) is 12.3 Å². The summed E-state index contributed by atoms with van der Waals surface area (Å²) >= 11 is 0. The SMILES string of the molecule is Cc1ccc(C(=O)OCC(=O)C(C)(C)C)cc1S(=O)(=O)N1CCOCC1. The molecule has 1 aromatic carbocycles. The fraction of sp³-hybridized carbons (Fsp3) is 0.556. The fourth-order valence-corrected chi connectivity index (χ4v) is 4.02. The average Bonchev–Trinajstić information content (AvgIpc) is 2.59. The lowest BCUT2D eigenvalue weighted by molar-refractivity contribution is -0.129. The summed E-state index contributed by atoms with van der Waals surface area (Å²) in [4.78, 5) is 24.2. The molecule has 0 radical (unpaired) electrons. The van der Waals surface area contributed by atoms with Crippen molar-refractivity contribution >= 4 is 21.8 Å². The van der Waals surface area contributed by atoms with E-state index in [9.17, 15) is 18.0 Å². The van der Waals surface area contributed by atoms with E-state index < -0.39 is 21.4 Å². The van der Waals surface area contributed by atoms with Crippen LogP contribution >= 0.6 is 0 Å². The minimum atomic E-state index is -3.72. The van der Waals surface area contributed by atoms with Crippen molar-refractivity contribution in [1.29, 1.82) is 0 Å². The van der Waals surface area contributed by atoms with Crippen LogP contribution in [0.1, 0.15) is 36.7 Å². The van der Waals surface area contributed by atoms with Gasteiger partial charge in [-0.3, -0.25) is 4.79 Å². The van der Waals surface area contributed by atoms with Gasteiger partial charge in [-0.2, -0.15) is 4.31 Å². The van der Waals surface area contributed by atoms with Gasteiger partial charge in [-0.15, -0.1) is 0 Å². The van der Waals surface area contributed by atoms with Gasteiger partial charge in [0.25, 0.3) is 0 Å². The van der Waals surface area contributed by atoms with E-state index in [0.29, 0.717) is 18.8 Å². The van der Waals surface area contributed by atoms with Gasteiger partial charge in [0.2, 0.25) is 10.0 Å². The minimum absolute atomic E-state index is 0.0657. The van der Waals surface area contributed by atoms with E-state index >= 15 is 0 Å². The number of ether oxygens (including phenoxy) is 2. The van der Waals surface area contributed by atoms with E-state index in [-0.39, 0.29) is 35.9 Å². The van der Waals surface area contributed by atoms with E-state index in [0.717, 1.165) is 0 Å². The molecule has 2 rings (SSSR count). The number of carbonyl (C=O) groups excluding carboxylic acids is 2. The van der Waals surface area contributed by atoms with Crippen molar-refractivity contribution in [3.63, 3.8) is 0 Å². The van der Waals surface area contributed by atoms with E-state index in [4.69, 9.17) is 9.47 Å². The summed E-state index contributed by atoms with van der Waals surface area (Å²) in [6.45, 7) is 7.77. The number of ketones is 1. The van der Waals surface area contributed by atoms with Gasteiger partial charge in [0, 0.05) is 18.5 Å². The van der Waals surface area contributed by atoms with Gasteiger partial charge in [0.1, 0.15) is 0 Å². The largest absolute Gasteiger partial charge is 0.454 e. The second-order valence-electron chi connectivity index (χ2n) is 7.25. The van der Waals surface area contributed by atoms with E-state index in [1.54, 1.807) is 33.8 Å². The molecule has 0 aliphatic carbocycles. The van der Waals surface area contributed by atoms with Crippen molar-refractivity contribution in [3.05, 3.63) is 29.3 Å². The maximum Gasteiger partial charge on any atom is 0.338 e. The number of hydrogen-bond donors (Lipinski definition) is 0. The Morgan fingerprint density at radius 1 is 1.19 bits per heavy atom. The molecule has 0 bridgehead atoms. The maximum absolute atomic E-state index is 12.8. The monoisotopic (exact) mass is 383 g/mol. The number of aryl methyl sites for hydroxylation is 1. The summed E-state index contributed by atoms with van der Waals surface area (Å²) in [7, 11) is -3.72. The quantitative estimate of drug-likeness (QED) is 0.720. The minimum Gasteiger partial charge on any atom is -0.454 e. The Morgan fingerprint density at radius 3 is 2.38 bits per heavy atom. The Kier molecular flexibility index (Phi) is 6.21. The number of hydrogen-bond acceptors (Lipinski definition) is 6. The van der Waals surface area contributed by atoms with Gasteiger partial charge in [-0.25, -0.2) is 13.2 Å². The first kappa shape index (κ1) is 20.5. The Bertz CT molecular complexity index is 788. The Labute approximate surface area is 154 Å². The van der Waals surface area contributed by atoms with Crippen LogP contribution in [0.25, 0.3) is 0 Å². The van der Waals surface area contributed by atoms with Gasteiger partial charge in [0.05, 0.1) is 23.7 Å². The Hall–Kier alpha value is -1.77. The lowest BCUT2D eigenvalue weighted by Gasteiger charge is -2.26. The van der Waals surface area contributed by atoms with Crippen molar-refractivity contribution in [3.8, 4) is 0 Å². The smallest absolute Gasteiger partial charge is 0.338 e. The van der Waals surface area contributed by atoms with Crippen LogP contribution in [0.15, 0.2) is 23.1 Å². The molecular weight excluding hydrogens is 358 g/mol. The number of carbonyl (C=O) groups is 2. The molecule has 0 saturated carbocycles. The number of morpholine rings is 1. The van der Waals surface area contributed by atoms with Crippen LogP contribution < -0.4 is 0 Å². The van der Waals surface area contributed by atoms with Crippen LogP contribution in [-0.4, -0.2) is 57.4 Å². The first-order valence-corrected chi connectivity index (χ1v) is 9.86. The summed E-state index contributed by atoms with van der Waals surface area (Å²) in [5.74, 6) is -0.930. The van der Waals surface area contributed by atoms with Crippen molar-refractivity contribution in [2.24, 2.45) is 5.41 Å². The molecule has 0 N–H and O–H groups in total. The van der Waals surface area contributed by atoms with Crippen molar-refractivity contribution in [1.82, 2.24) is 4.31 Å². The zero-order valence-corrected chi connectivity index (χ0v) is 16.4. The van der Waals surface area contributed by atoms with Gasteiger partial charge >= 0.3 is 5.97 Å². The molecule has 0 unspecified atom stereocenters. The molecule has 1 aliphatic heterocycles. The molecular formula is C18H25NO6S. The first-order valence-electron chi connectivity index (χ1n) is 8.42. The third-order valence-corrected chi connectivity index (χ3v) is 6.22. The lowest BCUT2D eigenvalue weighted by atomic mass is 9.91. The van der Waals surface area contributed by atoms with Crippen molar-refractivity contribution < 1.29 is 27.5 Å². The third-order valence-electron chi connectivity index (χ3n) is 4.18. The molecule has 1 aromatic rings. The predicted octanol–water partition coefficient (Wildman–Crippen LogP) is 1.79. The summed E-state index contributed by atoms with van der Waals surface area (Å²) < 4.78 is 37.3. The summed E-state index contributed by atoms with van der Waals surface area (Å²) in [5, 5.41) is 0. The predicted molar refractivity (Wildman–Crippen MR) is 95.5 cm³/mol. The molecule has 7 nitrogen and oxygen atoms in total. The summed E-state index contributed by atoms with van der Waals surface area (Å²) in [6, 6.07) is 4.37. The first-order chi connectivity index (χ1) is 12.0. The van der Waals surface area contributed by atoms with Crippen LogP contribution in [0.4, 0.5) is 0 Å². The van der Waals surface area contributed by atoms with Crippen LogP contribution in [0.2, 0.25) is 0 Å². The van der Waals surface area contributed by atoms with Gasteiger partial charge in [-0.1, -0.05) is 26.8 Å². The zero-order chi connectivity index (χ0) is 19.5. The molecule has 1 aliphatic rings. The van der Waals surface area contributed by atoms with E-state index in [1.807, 2.05) is 0 Å². The van der Waals surface area contributed by atoms with Crippen LogP contribution in [-0.2, 0) is 24.3 Å². The highest BCUT2D eigenvalue weighted by molar-refractivity contribution is 7.89. The molecule has 26 heavy (non-hydrogen) atoms. The highest BCUT2D eigenvalue weighted by Crippen LogP contribution is 2.23. The molecule has 0 aromatic heterocycles. The summed E-state index contributed by atoms with van der Waals surface area (Å²) in [5.41, 5.74) is 0.0289. The van der Waals surface area contributed by atoms with Crippen molar-refractivity contribution in [2.75, 3.05) is 32.9 Å². The Morgan fingerprint density at radius 2 is 1.81 bits per heavy atom. The normalized spacial score (nSPS) is 16.3. The number of nitrogens with zero attached hydrogens (tertiary/aromatic N) is 1. The standard InChI is InChI=1S/C18H25NO6S/c1-13-5-6-14(17(21)25-12-16(20)18(2,3)4)11-15(13)26(22,23)19-7-9-24-10-8-19/h5-6,11H,7-10,12H2,1-4H3. The average molecular weight is 383 g/mol. The molecule has 1 fully saturated rings. The number of sulfonamides is 1. The molecule has 0 atom stereocenters. The Balaban J connectivity index is 2.21. The van der Waals surface area contributed by atoms with Crippen molar-refractivity contribution in [2.45, 2.75) is 32.6 Å². The number of esters is 1. The second-order valence-corrected chi connectivity index (χ2v) is 9.15. The number of benzene rings is 1. The third kappa shape index (κ3) is 4.69. The maximum atomic E-state index is 12.8. The van der Waals surface area contributed by atoms with Gasteiger partial charge in [-0.05, 0) is 24.6 Å². The fourth-order valence-electron chi connectivity index (χ4n) is 2.36.